The van der Waals surface area contributed by atoms with E-state index >= 15 is 0 Å². The van der Waals surface area contributed by atoms with Crippen LogP contribution in [0.3, 0.4) is 0 Å². The summed E-state index contributed by atoms with van der Waals surface area (Å²) in [6, 6.07) is 0. The predicted molar refractivity (Wildman–Crippen MR) is 22.1 cm³/mol. The molecule has 1 radical (unpaired) electrons. The molecule has 0 aliphatic heterocycles. The Morgan fingerprint density at radius 2 is 2.20 bits per heavy atom. The van der Waals surface area contributed by atoms with Gasteiger partial charge < -0.3 is 4.79 Å². The fourth-order valence-corrected chi connectivity index (χ4v) is 0. The van der Waals surface area contributed by atoms with Gasteiger partial charge in [-0.25, -0.2) is 0 Å². The van der Waals surface area contributed by atoms with Gasteiger partial charge in [0.25, 0.3) is 0 Å². The second kappa shape index (κ2) is 1.94. The zero-order chi connectivity index (χ0) is 4.28. The van der Waals surface area contributed by atoms with E-state index in [0.29, 0.717) is 6.42 Å². The van der Waals surface area contributed by atoms with Crippen molar-refractivity contribution in [3.63, 3.8) is 0 Å². The van der Waals surface area contributed by atoms with Crippen LogP contribution < -0.4 is 0 Å². The van der Waals surface area contributed by atoms with Gasteiger partial charge in [0.2, 0.25) is 0 Å². The smallest absolute Gasteiger partial charge is 0.129 e. The molecule has 0 saturated heterocycles. The van der Waals surface area contributed by atoms with Gasteiger partial charge in [-0.05, 0) is 6.92 Å². The topological polar surface area (TPSA) is 17.1 Å². The normalized spacial score (nSPS) is 7.60. The van der Waals surface area contributed by atoms with Crippen LogP contribution in [0.1, 0.15) is 21.7 Å². The highest BCUT2D eigenvalue weighted by Crippen LogP contribution is 1.71. The van der Waals surface area contributed by atoms with Gasteiger partial charge >= 0.3 is 0 Å². The number of Topliss-reactive ketones (excluding diaryl/α,β-unsaturated/α-hetero) is 1. The quantitative estimate of drug-likeness (QED) is 0.455. The lowest BCUT2D eigenvalue weighted by Crippen LogP contribution is -1.80. The van der Waals surface area contributed by atoms with Crippen LogP contribution in [0.2, 0.25) is 0 Å². The second-order valence-corrected chi connectivity index (χ2v) is 1.06. The van der Waals surface area contributed by atoms with E-state index in [1.165, 1.54) is 0 Å². The molecule has 0 aliphatic rings. The molecular formula is C4H9O. The molecule has 0 rings (SSSR count). The molecule has 0 aromatic carbocycles. The number of ketones is 1. The Hall–Kier alpha value is -0.330. The lowest BCUT2D eigenvalue weighted by atomic mass is 10.4. The zero-order valence-electron chi connectivity index (χ0n) is 4.62. The number of hydrogen-bond donors (Lipinski definition) is 0. The minimum Gasteiger partial charge on any atom is -0.300 e. The summed E-state index contributed by atoms with van der Waals surface area (Å²) in [4.78, 5) is 9.81. The molecule has 5 heavy (non-hydrogen) atoms. The largest absolute Gasteiger partial charge is 0.300 e. The molecule has 1 nitrogen and oxygen atoms in total. The van der Waals surface area contributed by atoms with E-state index in [2.05, 4.69) is 0 Å². The summed E-state index contributed by atoms with van der Waals surface area (Å²) in [7, 11) is 0. The van der Waals surface area contributed by atoms with Crippen LogP contribution in [-0.2, 0) is 4.79 Å². The first-order chi connectivity index (χ1) is 2.27. The standard InChI is InChI=1S/C4H8O.H/c1-3-4(2)5;/h3H2,1-2H3;/i;1+1. The summed E-state index contributed by atoms with van der Waals surface area (Å²) in [6.07, 6.45) is 0.667. The van der Waals surface area contributed by atoms with E-state index < -0.39 is 0 Å². The van der Waals surface area contributed by atoms with Crippen LogP contribution in [0.25, 0.3) is 0 Å². The Kier molecular flexibility index (Phi) is 1.81. The van der Waals surface area contributed by atoms with Gasteiger partial charge in [0, 0.05) is 7.85 Å². The first-order valence-electron chi connectivity index (χ1n) is 1.76. The zero-order valence-corrected chi connectivity index (χ0v) is 3.62. The highest BCUT2D eigenvalue weighted by molar-refractivity contribution is 5.74. The van der Waals surface area contributed by atoms with Crippen LogP contribution in [0.15, 0.2) is 0 Å². The summed E-state index contributed by atoms with van der Waals surface area (Å²) in [5.41, 5.74) is 0. The molecule has 0 unspecified atom stereocenters. The van der Waals surface area contributed by atoms with Gasteiger partial charge in [-0.1, -0.05) is 6.92 Å². The number of carbonyl (C=O) groups is 1. The van der Waals surface area contributed by atoms with Crippen molar-refractivity contribution in [2.24, 2.45) is 0 Å². The molecule has 0 aromatic heterocycles. The maximum atomic E-state index is 9.81. The molecule has 1 heteroatoms. The van der Waals surface area contributed by atoms with Crippen LogP contribution in [-0.4, -0.2) is 5.78 Å². The highest BCUT2D eigenvalue weighted by atomic mass is 16.1. The second-order valence-electron chi connectivity index (χ2n) is 1.06. The van der Waals surface area contributed by atoms with Crippen LogP contribution >= 0.6 is 0 Å². The Labute approximate surface area is 33.5 Å². The van der Waals surface area contributed by atoms with Crippen molar-refractivity contribution in [3.05, 3.63) is 0 Å². The predicted octanol–water partition coefficient (Wildman–Crippen LogP) is 1.10. The number of rotatable bonds is 1. The Balaban J connectivity index is 0. The summed E-state index contributed by atoms with van der Waals surface area (Å²) < 4.78 is 0. The summed E-state index contributed by atoms with van der Waals surface area (Å²) in [5.74, 6) is 0.255. The third kappa shape index (κ3) is 3.67. The van der Waals surface area contributed by atoms with Crippen molar-refractivity contribution < 1.29 is 6.22 Å². The number of hydrogen-bond acceptors (Lipinski definition) is 1. The average molecular weight is 74.1 g/mol. The van der Waals surface area contributed by atoms with Gasteiger partial charge in [-0.3, -0.25) is 0 Å². The van der Waals surface area contributed by atoms with Gasteiger partial charge in [0.1, 0.15) is 5.78 Å². The van der Waals surface area contributed by atoms with Crippen LogP contribution in [0.5, 0.6) is 0 Å². The molecule has 31 valence electrons. The summed E-state index contributed by atoms with van der Waals surface area (Å²) in [6.45, 7) is 3.43. The fraction of sp³-hybridized carbons (Fsp3) is 0.750. The maximum absolute atomic E-state index is 9.81. The van der Waals surface area contributed by atoms with Crippen molar-refractivity contribution in [2.45, 2.75) is 20.3 Å². The third-order valence-electron chi connectivity index (χ3n) is 0.498. The minimum absolute atomic E-state index is 0. The van der Waals surface area contributed by atoms with Gasteiger partial charge in [0.15, 0.2) is 0 Å². The monoisotopic (exact) mass is 74.1 g/mol. The van der Waals surface area contributed by atoms with Gasteiger partial charge in [-0.15, -0.1) is 0 Å². The van der Waals surface area contributed by atoms with Crippen LogP contribution in [0, 0.1) is 0 Å². The molecule has 0 amide bonds. The van der Waals surface area contributed by atoms with Crippen molar-refractivity contribution >= 4 is 5.78 Å². The molecule has 0 spiro atoms. The van der Waals surface area contributed by atoms with Gasteiger partial charge in [0.05, 0.1) is 0 Å². The Morgan fingerprint density at radius 3 is 2.20 bits per heavy atom. The molecule has 0 atom stereocenters. The van der Waals surface area contributed by atoms with Crippen LogP contribution in [0.4, 0.5) is 0 Å². The molecule has 0 N–H and O–H groups in total. The van der Waals surface area contributed by atoms with Crippen molar-refractivity contribution in [2.75, 3.05) is 0 Å². The summed E-state index contributed by atoms with van der Waals surface area (Å²) >= 11 is 0. The van der Waals surface area contributed by atoms with E-state index in [-0.39, 0.29) is 7.21 Å². The summed E-state index contributed by atoms with van der Waals surface area (Å²) in [5, 5.41) is 0. The van der Waals surface area contributed by atoms with E-state index in [4.69, 9.17) is 0 Å². The van der Waals surface area contributed by atoms with Crippen molar-refractivity contribution in [1.29, 1.82) is 0 Å². The third-order valence-corrected chi connectivity index (χ3v) is 0.498. The van der Waals surface area contributed by atoms with E-state index in [0.717, 1.165) is 0 Å². The Morgan fingerprint density at radius 1 is 2.00 bits per heavy atom. The maximum Gasteiger partial charge on any atom is 0.129 e. The highest BCUT2D eigenvalue weighted by Gasteiger charge is 1.76. The first-order valence-corrected chi connectivity index (χ1v) is 1.76. The lowest BCUT2D eigenvalue weighted by molar-refractivity contribution is -0.116. The molecule has 0 heterocycles. The molecule has 0 aromatic rings. The minimum atomic E-state index is 0. The first kappa shape index (κ1) is 4.67. The average Bonchev–Trinajstić information content (AvgIpc) is 1.38. The molecule has 0 fully saturated rings. The SMILES string of the molecule is CCC(C)=O.[2H]. The van der Waals surface area contributed by atoms with Crippen molar-refractivity contribution in [3.8, 4) is 0 Å². The molecule has 0 saturated carbocycles. The van der Waals surface area contributed by atoms with E-state index in [1.807, 2.05) is 6.92 Å². The van der Waals surface area contributed by atoms with Gasteiger partial charge in [-0.2, -0.15) is 0 Å². The molecular weight excluding hydrogens is 64.0 g/mol. The van der Waals surface area contributed by atoms with Crippen molar-refractivity contribution in [1.82, 2.24) is 0 Å². The number of carbonyl (C=O) groups excluding carboxylic acids is 1. The lowest BCUT2D eigenvalue weighted by Gasteiger charge is -1.71. The Bertz CT molecular complexity index is 42.8. The van der Waals surface area contributed by atoms with E-state index in [1.54, 1.807) is 6.92 Å². The van der Waals surface area contributed by atoms with E-state index in [9.17, 15) is 4.79 Å². The molecule has 0 aliphatic carbocycles. The fourth-order valence-electron chi connectivity index (χ4n) is 0. The molecule has 0 bridgehead atoms.